The van der Waals surface area contributed by atoms with E-state index in [2.05, 4.69) is 10.3 Å². The van der Waals surface area contributed by atoms with Crippen molar-refractivity contribution in [3.05, 3.63) is 36.2 Å². The Morgan fingerprint density at radius 2 is 2.04 bits per heavy atom. The van der Waals surface area contributed by atoms with Gasteiger partial charge in [0.1, 0.15) is 5.75 Å². The molecule has 0 bridgehead atoms. The van der Waals surface area contributed by atoms with Crippen LogP contribution in [-0.2, 0) is 0 Å². The molecule has 23 heavy (non-hydrogen) atoms. The minimum atomic E-state index is -1.30. The number of hydrogen-bond acceptors (Lipinski definition) is 8. The maximum absolute atomic E-state index is 8.75. The standard InChI is InChI=1S/C14H20ClN5O3/c15-14-18-8-11(16)13(19-14)20(17)9-3-5-10(6-4-9)23-7-1-2-12(21)22/h3-6,8,12,14,18,21-22H,1-2,7,16-17H2/t14-/m1/s1. The Balaban J connectivity index is 1.95. The number of aliphatic imine (C=N–C) groups is 1. The van der Waals surface area contributed by atoms with Crippen molar-refractivity contribution in [1.29, 1.82) is 0 Å². The molecule has 1 aliphatic heterocycles. The van der Waals surface area contributed by atoms with Gasteiger partial charge >= 0.3 is 0 Å². The van der Waals surface area contributed by atoms with Crippen molar-refractivity contribution in [3.63, 3.8) is 0 Å². The normalized spacial score (nSPS) is 17.3. The number of rotatable bonds is 6. The van der Waals surface area contributed by atoms with Crippen LogP contribution < -0.4 is 26.6 Å². The zero-order chi connectivity index (χ0) is 16.8. The van der Waals surface area contributed by atoms with E-state index in [-0.39, 0.29) is 6.42 Å². The molecule has 7 N–H and O–H groups in total. The second-order valence-corrected chi connectivity index (χ2v) is 5.30. The number of halogens is 1. The van der Waals surface area contributed by atoms with Gasteiger partial charge in [-0.25, -0.2) is 10.8 Å². The Labute approximate surface area is 139 Å². The van der Waals surface area contributed by atoms with E-state index in [4.69, 9.17) is 38.1 Å². The van der Waals surface area contributed by atoms with Crippen molar-refractivity contribution < 1.29 is 14.9 Å². The number of nitrogens with two attached hydrogens (primary N) is 2. The number of aliphatic hydroxyl groups is 2. The van der Waals surface area contributed by atoms with E-state index in [0.29, 0.717) is 36.0 Å². The molecule has 9 heteroatoms. The second-order valence-electron chi connectivity index (χ2n) is 4.89. The van der Waals surface area contributed by atoms with Crippen LogP contribution in [0.1, 0.15) is 12.8 Å². The Hall–Kier alpha value is -2.00. The van der Waals surface area contributed by atoms with Gasteiger partial charge in [-0.15, -0.1) is 0 Å². The Bertz CT molecular complexity index is 576. The van der Waals surface area contributed by atoms with Crippen LogP contribution in [0.5, 0.6) is 5.75 Å². The molecule has 0 spiro atoms. The molecule has 1 heterocycles. The summed E-state index contributed by atoms with van der Waals surface area (Å²) in [6.45, 7) is 0.394. The highest BCUT2D eigenvalue weighted by molar-refractivity contribution is 6.22. The van der Waals surface area contributed by atoms with Gasteiger partial charge in [0.25, 0.3) is 0 Å². The molecule has 0 fully saturated rings. The fraction of sp³-hybridized carbons (Fsp3) is 0.357. The molecule has 8 nitrogen and oxygen atoms in total. The third kappa shape index (κ3) is 5.00. The highest BCUT2D eigenvalue weighted by atomic mass is 35.5. The number of nitrogens with zero attached hydrogens (tertiary/aromatic N) is 2. The smallest absolute Gasteiger partial charge is 0.197 e. The minimum Gasteiger partial charge on any atom is -0.494 e. The molecule has 0 saturated carbocycles. The summed E-state index contributed by atoms with van der Waals surface area (Å²) in [7, 11) is 0. The molecular weight excluding hydrogens is 322 g/mol. The summed E-state index contributed by atoms with van der Waals surface area (Å²) < 4.78 is 5.50. The van der Waals surface area contributed by atoms with Crippen LogP contribution in [0.2, 0.25) is 0 Å². The van der Waals surface area contributed by atoms with Gasteiger partial charge in [-0.1, -0.05) is 11.6 Å². The summed E-state index contributed by atoms with van der Waals surface area (Å²) in [6, 6.07) is 7.03. The van der Waals surface area contributed by atoms with E-state index in [1.54, 1.807) is 30.5 Å². The molecule has 0 saturated heterocycles. The number of alkyl halides is 1. The fourth-order valence-corrected chi connectivity index (χ4v) is 2.08. The topological polar surface area (TPSA) is 129 Å². The summed E-state index contributed by atoms with van der Waals surface area (Å²) in [6.07, 6.45) is 1.06. The van der Waals surface area contributed by atoms with Crippen molar-refractivity contribution in [2.24, 2.45) is 16.6 Å². The zero-order valence-electron chi connectivity index (χ0n) is 12.4. The molecule has 1 atom stereocenters. The highest BCUT2D eigenvalue weighted by Crippen LogP contribution is 2.20. The molecule has 126 valence electrons. The fourth-order valence-electron chi connectivity index (χ4n) is 1.92. The first-order chi connectivity index (χ1) is 11.0. The van der Waals surface area contributed by atoms with Gasteiger partial charge in [-0.3, -0.25) is 5.01 Å². The van der Waals surface area contributed by atoms with Crippen LogP contribution in [0.15, 0.2) is 41.2 Å². The third-order valence-electron chi connectivity index (χ3n) is 3.09. The van der Waals surface area contributed by atoms with E-state index >= 15 is 0 Å². The first-order valence-corrected chi connectivity index (χ1v) is 7.49. The molecule has 0 amide bonds. The second kappa shape index (κ2) is 8.02. The van der Waals surface area contributed by atoms with Crippen molar-refractivity contribution >= 4 is 23.1 Å². The van der Waals surface area contributed by atoms with Crippen LogP contribution in [0.4, 0.5) is 5.69 Å². The summed E-state index contributed by atoms with van der Waals surface area (Å²) in [4.78, 5) is 4.14. The number of anilines is 1. The zero-order valence-corrected chi connectivity index (χ0v) is 13.1. The molecule has 0 unspecified atom stereocenters. The Morgan fingerprint density at radius 3 is 2.70 bits per heavy atom. The lowest BCUT2D eigenvalue weighted by Gasteiger charge is -2.25. The van der Waals surface area contributed by atoms with Crippen LogP contribution in [-0.4, -0.2) is 34.6 Å². The lowest BCUT2D eigenvalue weighted by atomic mass is 10.2. The largest absolute Gasteiger partial charge is 0.494 e. The molecular formula is C14H20ClN5O3. The first kappa shape index (κ1) is 17.4. The van der Waals surface area contributed by atoms with Crippen molar-refractivity contribution in [1.82, 2.24) is 5.32 Å². The predicted octanol–water partition coefficient (Wildman–Crippen LogP) is 0.161. The van der Waals surface area contributed by atoms with Gasteiger partial charge in [0.05, 0.1) is 18.0 Å². The van der Waals surface area contributed by atoms with E-state index in [1.165, 1.54) is 5.01 Å². The Kier molecular flexibility index (Phi) is 6.05. The predicted molar refractivity (Wildman–Crippen MR) is 88.5 cm³/mol. The molecule has 0 aliphatic carbocycles. The lowest BCUT2D eigenvalue weighted by molar-refractivity contribution is -0.0479. The first-order valence-electron chi connectivity index (χ1n) is 7.05. The van der Waals surface area contributed by atoms with Crippen molar-refractivity contribution in [2.75, 3.05) is 11.6 Å². The third-order valence-corrected chi connectivity index (χ3v) is 3.31. The van der Waals surface area contributed by atoms with Gasteiger partial charge in [-0.2, -0.15) is 0 Å². The van der Waals surface area contributed by atoms with E-state index in [9.17, 15) is 0 Å². The van der Waals surface area contributed by atoms with Gasteiger partial charge in [0.2, 0.25) is 0 Å². The van der Waals surface area contributed by atoms with Crippen molar-refractivity contribution in [3.8, 4) is 5.75 Å². The van der Waals surface area contributed by atoms with Crippen molar-refractivity contribution in [2.45, 2.75) is 24.8 Å². The number of aliphatic hydroxyl groups excluding tert-OH is 1. The SMILES string of the molecule is NC1=CN[C@@H](Cl)N=C1N(N)c1ccc(OCCCC(O)O)cc1. The molecule has 1 aromatic rings. The van der Waals surface area contributed by atoms with E-state index in [0.717, 1.165) is 0 Å². The number of ether oxygens (including phenoxy) is 1. The molecule has 0 aromatic heterocycles. The maximum Gasteiger partial charge on any atom is 0.197 e. The van der Waals surface area contributed by atoms with Gasteiger partial charge in [-0.05, 0) is 30.7 Å². The summed E-state index contributed by atoms with van der Waals surface area (Å²) in [5.74, 6) is 7.05. The molecule has 0 radical (unpaired) electrons. The highest BCUT2D eigenvalue weighted by Gasteiger charge is 2.18. The van der Waals surface area contributed by atoms with Gasteiger partial charge in [0, 0.05) is 12.6 Å². The average molecular weight is 342 g/mol. The van der Waals surface area contributed by atoms with Crippen LogP contribution >= 0.6 is 11.6 Å². The van der Waals surface area contributed by atoms with Crippen LogP contribution in [0, 0.1) is 0 Å². The summed E-state index contributed by atoms with van der Waals surface area (Å²) >= 11 is 5.89. The summed E-state index contributed by atoms with van der Waals surface area (Å²) in [5, 5.41) is 21.6. The monoisotopic (exact) mass is 341 g/mol. The maximum atomic E-state index is 8.75. The summed E-state index contributed by atoms with van der Waals surface area (Å²) in [5.41, 5.74) is 6.27. The quantitative estimate of drug-likeness (QED) is 0.124. The minimum absolute atomic E-state index is 0.272. The molecule has 1 aliphatic rings. The number of benzene rings is 1. The van der Waals surface area contributed by atoms with Gasteiger partial charge < -0.3 is 26.0 Å². The van der Waals surface area contributed by atoms with Crippen LogP contribution in [0.25, 0.3) is 0 Å². The number of nitrogens with one attached hydrogen (secondary N) is 1. The molecule has 1 aromatic carbocycles. The number of hydrazine groups is 1. The Morgan fingerprint density at radius 1 is 1.35 bits per heavy atom. The van der Waals surface area contributed by atoms with E-state index < -0.39 is 11.9 Å². The molecule has 2 rings (SSSR count). The average Bonchev–Trinajstić information content (AvgIpc) is 2.53. The van der Waals surface area contributed by atoms with Gasteiger partial charge in [0.15, 0.2) is 17.8 Å². The number of amidine groups is 1. The van der Waals surface area contributed by atoms with Crippen LogP contribution in [0.3, 0.4) is 0 Å². The lowest BCUT2D eigenvalue weighted by Crippen LogP contribution is -2.44. The number of hydrogen-bond donors (Lipinski definition) is 5. The van der Waals surface area contributed by atoms with E-state index in [1.807, 2.05) is 0 Å².